The second kappa shape index (κ2) is 5.07. The van der Waals surface area contributed by atoms with E-state index < -0.39 is 17.6 Å². The van der Waals surface area contributed by atoms with Crippen LogP contribution in [0.3, 0.4) is 0 Å². The molecule has 0 atom stereocenters. The van der Waals surface area contributed by atoms with Gasteiger partial charge in [-0.25, -0.2) is 4.39 Å². The molecule has 0 unspecified atom stereocenters. The van der Waals surface area contributed by atoms with E-state index in [9.17, 15) is 17.6 Å². The highest BCUT2D eigenvalue weighted by atomic mass is 19.4. The molecule has 0 aromatic heterocycles. The number of benzene rings is 1. The summed E-state index contributed by atoms with van der Waals surface area (Å²) < 4.78 is 55.4. The lowest BCUT2D eigenvalue weighted by molar-refractivity contribution is -0.137. The fourth-order valence-corrected chi connectivity index (χ4v) is 1.22. The van der Waals surface area contributed by atoms with Crippen molar-refractivity contribution in [2.75, 3.05) is 11.9 Å². The maximum absolute atomic E-state index is 12.8. The third kappa shape index (κ3) is 3.65. The Morgan fingerprint density at radius 2 is 2.06 bits per heavy atom. The molecule has 0 aliphatic carbocycles. The first kappa shape index (κ1) is 13.3. The predicted octanol–water partition coefficient (Wildman–Crippen LogP) is 3.76. The van der Waals surface area contributed by atoms with Crippen molar-refractivity contribution >= 4 is 5.69 Å². The quantitative estimate of drug-likeness (QED) is 0.648. The lowest BCUT2D eigenvalue weighted by Crippen LogP contribution is -2.12. The van der Waals surface area contributed by atoms with Crippen molar-refractivity contribution in [1.82, 2.24) is 0 Å². The van der Waals surface area contributed by atoms with Gasteiger partial charge in [0.2, 0.25) is 0 Å². The summed E-state index contributed by atoms with van der Waals surface area (Å²) in [4.78, 5) is 0. The largest absolute Gasteiger partial charge is 0.480 e. The van der Waals surface area contributed by atoms with Crippen LogP contribution in [0.25, 0.3) is 0 Å². The Morgan fingerprint density at radius 1 is 1.41 bits per heavy atom. The van der Waals surface area contributed by atoms with Crippen LogP contribution in [0.15, 0.2) is 30.7 Å². The zero-order valence-electron chi connectivity index (χ0n) is 9.07. The molecular formula is C11H11F4NO. The number of rotatable bonds is 4. The molecule has 0 spiro atoms. The first-order valence-corrected chi connectivity index (χ1v) is 4.80. The van der Waals surface area contributed by atoms with E-state index in [-0.39, 0.29) is 18.2 Å². The van der Waals surface area contributed by atoms with E-state index in [1.807, 2.05) is 0 Å². The van der Waals surface area contributed by atoms with Crippen LogP contribution in [0.1, 0.15) is 12.5 Å². The van der Waals surface area contributed by atoms with Gasteiger partial charge in [-0.05, 0) is 31.7 Å². The summed E-state index contributed by atoms with van der Waals surface area (Å²) in [6.07, 6.45) is -4.64. The normalized spacial score (nSPS) is 11.1. The summed E-state index contributed by atoms with van der Waals surface area (Å²) in [6, 6.07) is 2.33. The molecule has 6 heteroatoms. The van der Waals surface area contributed by atoms with Crippen LogP contribution in [-0.2, 0) is 10.9 Å². The third-order valence-corrected chi connectivity index (χ3v) is 1.88. The summed E-state index contributed by atoms with van der Waals surface area (Å²) in [5.74, 6) is -0.977. The maximum Gasteiger partial charge on any atom is 0.418 e. The Labute approximate surface area is 95.9 Å². The van der Waals surface area contributed by atoms with Crippen LogP contribution in [0.4, 0.5) is 23.2 Å². The smallest absolute Gasteiger partial charge is 0.418 e. The number of hydrogen-bond acceptors (Lipinski definition) is 2. The minimum atomic E-state index is -4.64. The van der Waals surface area contributed by atoms with Gasteiger partial charge in [0.05, 0.1) is 17.9 Å². The molecule has 1 aromatic rings. The highest BCUT2D eigenvalue weighted by Crippen LogP contribution is 2.35. The van der Waals surface area contributed by atoms with Crippen molar-refractivity contribution in [3.63, 3.8) is 0 Å². The second-order valence-corrected chi connectivity index (χ2v) is 3.17. The van der Waals surface area contributed by atoms with Crippen LogP contribution in [0.5, 0.6) is 0 Å². The topological polar surface area (TPSA) is 21.3 Å². The van der Waals surface area contributed by atoms with Crippen molar-refractivity contribution < 1.29 is 22.3 Å². The highest BCUT2D eigenvalue weighted by Gasteiger charge is 2.34. The molecule has 17 heavy (non-hydrogen) atoms. The van der Waals surface area contributed by atoms with E-state index in [1.54, 1.807) is 6.92 Å². The van der Waals surface area contributed by atoms with Gasteiger partial charge in [0, 0.05) is 0 Å². The standard InChI is InChI=1S/C11H11F4NO/c1-3-17-7(2)16-10-5-4-8(12)6-9(10)11(13,14)15/h4-6,16H,2-3H2,1H3. The van der Waals surface area contributed by atoms with Gasteiger partial charge in [-0.15, -0.1) is 0 Å². The molecule has 0 radical (unpaired) electrons. The number of halogens is 4. The monoisotopic (exact) mass is 249 g/mol. The van der Waals surface area contributed by atoms with Crippen LogP contribution in [-0.4, -0.2) is 6.61 Å². The molecule has 0 aliphatic rings. The Balaban J connectivity index is 3.03. The molecule has 0 fully saturated rings. The molecule has 1 aromatic carbocycles. The summed E-state index contributed by atoms with van der Waals surface area (Å²) >= 11 is 0. The van der Waals surface area contributed by atoms with Crippen LogP contribution in [0, 0.1) is 5.82 Å². The average molecular weight is 249 g/mol. The molecule has 1 N–H and O–H groups in total. The van der Waals surface area contributed by atoms with Crippen LogP contribution in [0.2, 0.25) is 0 Å². The lowest BCUT2D eigenvalue weighted by atomic mass is 10.1. The summed E-state index contributed by atoms with van der Waals surface area (Å²) in [6.45, 7) is 5.33. The fraction of sp³-hybridized carbons (Fsp3) is 0.273. The Hall–Kier alpha value is -1.72. The number of hydrogen-bond donors (Lipinski definition) is 1. The predicted molar refractivity (Wildman–Crippen MR) is 55.8 cm³/mol. The van der Waals surface area contributed by atoms with E-state index in [1.165, 1.54) is 0 Å². The zero-order chi connectivity index (χ0) is 13.1. The van der Waals surface area contributed by atoms with E-state index in [0.717, 1.165) is 12.1 Å². The molecule has 0 amide bonds. The fourth-order valence-electron chi connectivity index (χ4n) is 1.22. The average Bonchev–Trinajstić information content (AvgIpc) is 2.19. The molecular weight excluding hydrogens is 238 g/mol. The minimum Gasteiger partial charge on any atom is -0.480 e. The first-order chi connectivity index (χ1) is 7.84. The molecule has 2 nitrogen and oxygen atoms in total. The molecule has 0 saturated heterocycles. The van der Waals surface area contributed by atoms with Crippen molar-refractivity contribution in [3.8, 4) is 0 Å². The first-order valence-electron chi connectivity index (χ1n) is 4.80. The number of nitrogens with one attached hydrogen (secondary N) is 1. The third-order valence-electron chi connectivity index (χ3n) is 1.88. The van der Waals surface area contributed by atoms with Gasteiger partial charge in [-0.3, -0.25) is 0 Å². The van der Waals surface area contributed by atoms with Gasteiger partial charge in [-0.1, -0.05) is 0 Å². The molecule has 0 heterocycles. The Morgan fingerprint density at radius 3 is 2.59 bits per heavy atom. The van der Waals surface area contributed by atoms with Gasteiger partial charge in [0.25, 0.3) is 0 Å². The zero-order valence-corrected chi connectivity index (χ0v) is 9.07. The van der Waals surface area contributed by atoms with Crippen molar-refractivity contribution in [2.24, 2.45) is 0 Å². The minimum absolute atomic E-state index is 0.0235. The number of anilines is 1. The van der Waals surface area contributed by atoms with Gasteiger partial charge in [0.15, 0.2) is 5.88 Å². The summed E-state index contributed by atoms with van der Waals surface area (Å²) in [7, 11) is 0. The van der Waals surface area contributed by atoms with E-state index in [2.05, 4.69) is 11.9 Å². The lowest BCUT2D eigenvalue weighted by Gasteiger charge is -2.15. The van der Waals surface area contributed by atoms with Gasteiger partial charge >= 0.3 is 6.18 Å². The van der Waals surface area contributed by atoms with Gasteiger partial charge in [-0.2, -0.15) is 13.2 Å². The van der Waals surface area contributed by atoms with Gasteiger partial charge < -0.3 is 10.1 Å². The molecule has 0 aliphatic heterocycles. The molecule has 0 saturated carbocycles. The number of alkyl halides is 3. The number of ether oxygens (including phenoxy) is 1. The molecule has 94 valence electrons. The second-order valence-electron chi connectivity index (χ2n) is 3.17. The summed E-state index contributed by atoms with van der Waals surface area (Å²) in [5.41, 5.74) is -1.39. The maximum atomic E-state index is 12.8. The van der Waals surface area contributed by atoms with Crippen molar-refractivity contribution in [3.05, 3.63) is 42.0 Å². The highest BCUT2D eigenvalue weighted by molar-refractivity contribution is 5.55. The van der Waals surface area contributed by atoms with E-state index in [4.69, 9.17) is 4.74 Å². The van der Waals surface area contributed by atoms with E-state index >= 15 is 0 Å². The van der Waals surface area contributed by atoms with Crippen molar-refractivity contribution in [2.45, 2.75) is 13.1 Å². The van der Waals surface area contributed by atoms with Crippen molar-refractivity contribution in [1.29, 1.82) is 0 Å². The summed E-state index contributed by atoms with van der Waals surface area (Å²) in [5, 5.41) is 2.34. The van der Waals surface area contributed by atoms with Crippen LogP contribution >= 0.6 is 0 Å². The SMILES string of the molecule is C=C(Nc1ccc(F)cc1C(F)(F)F)OCC. The van der Waals surface area contributed by atoms with Crippen LogP contribution < -0.4 is 5.32 Å². The molecule has 0 bridgehead atoms. The Kier molecular flexibility index (Phi) is 3.98. The Bertz CT molecular complexity index is 414. The van der Waals surface area contributed by atoms with Gasteiger partial charge in [0.1, 0.15) is 5.82 Å². The van der Waals surface area contributed by atoms with E-state index in [0.29, 0.717) is 6.07 Å². The molecule has 1 rings (SSSR count).